The number of ether oxygens (including phenoxy) is 1. The van der Waals surface area contributed by atoms with Crippen LogP contribution in [0.5, 0.6) is 5.75 Å². The van der Waals surface area contributed by atoms with Crippen LogP contribution in [0.3, 0.4) is 0 Å². The summed E-state index contributed by atoms with van der Waals surface area (Å²) in [6.45, 7) is -0.0865. The molecule has 2 heterocycles. The molecule has 5 rings (SSSR count). The molecule has 0 spiro atoms. The van der Waals surface area contributed by atoms with Gasteiger partial charge in [-0.2, -0.15) is 0 Å². The van der Waals surface area contributed by atoms with Crippen LogP contribution in [0.4, 0.5) is 5.82 Å². The minimum absolute atomic E-state index is 0.0865. The lowest BCUT2D eigenvalue weighted by Crippen LogP contribution is -2.15. The summed E-state index contributed by atoms with van der Waals surface area (Å²) in [6, 6.07) is 27.2. The number of fused-ring (bicyclic) bond motifs is 1. The molecule has 0 saturated heterocycles. The maximum absolute atomic E-state index is 10.1. The van der Waals surface area contributed by atoms with Crippen LogP contribution in [-0.4, -0.2) is 28.8 Å². The van der Waals surface area contributed by atoms with Gasteiger partial charge in [0.1, 0.15) is 23.7 Å². The Labute approximate surface area is 191 Å². The van der Waals surface area contributed by atoms with E-state index in [1.807, 2.05) is 84.9 Å². The van der Waals surface area contributed by atoms with E-state index in [0.29, 0.717) is 17.3 Å². The van der Waals surface area contributed by atoms with Gasteiger partial charge in [0, 0.05) is 11.1 Å². The van der Waals surface area contributed by atoms with Gasteiger partial charge in [-0.15, -0.1) is 0 Å². The highest BCUT2D eigenvalue weighted by Crippen LogP contribution is 2.43. The quantitative estimate of drug-likeness (QED) is 0.339. The van der Waals surface area contributed by atoms with Crippen molar-refractivity contribution in [3.63, 3.8) is 0 Å². The number of furan rings is 1. The van der Waals surface area contributed by atoms with Crippen LogP contribution in [-0.2, 0) is 0 Å². The molecule has 0 radical (unpaired) electrons. The first kappa shape index (κ1) is 20.7. The molecule has 0 saturated carbocycles. The molecule has 0 bridgehead atoms. The van der Waals surface area contributed by atoms with Gasteiger partial charge in [-0.1, -0.05) is 72.8 Å². The molecule has 164 valence electrons. The standard InChI is InChI=1S/C27H23N3O3/c1-32-21-14-12-19(13-15-21)23-24-26(30-22(16-31)18-8-4-2-5-9-18)28-17-29-27(24)33-25(23)20-10-6-3-7-11-20/h2-15,17,22,31H,16H2,1H3,(H,28,29,30). The van der Waals surface area contributed by atoms with Crippen LogP contribution in [0.1, 0.15) is 11.6 Å². The van der Waals surface area contributed by atoms with Crippen LogP contribution in [0.2, 0.25) is 0 Å². The number of hydrogen-bond donors (Lipinski definition) is 2. The molecular weight excluding hydrogens is 414 g/mol. The number of rotatable bonds is 7. The monoisotopic (exact) mass is 437 g/mol. The van der Waals surface area contributed by atoms with Crippen molar-refractivity contribution >= 4 is 16.9 Å². The zero-order valence-electron chi connectivity index (χ0n) is 18.1. The lowest BCUT2D eigenvalue weighted by molar-refractivity contribution is 0.276. The maximum atomic E-state index is 10.1. The number of anilines is 1. The fourth-order valence-corrected chi connectivity index (χ4v) is 3.95. The summed E-state index contributed by atoms with van der Waals surface area (Å²) in [5.41, 5.74) is 4.21. The first-order chi connectivity index (χ1) is 16.3. The van der Waals surface area contributed by atoms with Crippen molar-refractivity contribution in [3.05, 3.63) is 96.8 Å². The Morgan fingerprint density at radius 3 is 2.24 bits per heavy atom. The molecular formula is C27H23N3O3. The molecule has 1 unspecified atom stereocenters. The van der Waals surface area contributed by atoms with Gasteiger partial charge in [0.2, 0.25) is 5.71 Å². The number of aromatic nitrogens is 2. The second kappa shape index (κ2) is 9.14. The summed E-state index contributed by atoms with van der Waals surface area (Å²) in [5, 5.41) is 14.3. The van der Waals surface area contributed by atoms with E-state index in [1.165, 1.54) is 6.33 Å². The van der Waals surface area contributed by atoms with Gasteiger partial charge in [0.15, 0.2) is 0 Å². The molecule has 0 aliphatic heterocycles. The molecule has 0 aliphatic carbocycles. The Bertz CT molecular complexity index is 1350. The smallest absolute Gasteiger partial charge is 0.232 e. The van der Waals surface area contributed by atoms with Crippen LogP contribution in [0, 0.1) is 0 Å². The highest BCUT2D eigenvalue weighted by Gasteiger charge is 2.23. The number of aliphatic hydroxyl groups is 1. The second-order valence-corrected chi connectivity index (χ2v) is 7.59. The highest BCUT2D eigenvalue weighted by molar-refractivity contribution is 6.05. The molecule has 2 N–H and O–H groups in total. The minimum Gasteiger partial charge on any atom is -0.497 e. The van der Waals surface area contributed by atoms with Crippen molar-refractivity contribution < 1.29 is 14.3 Å². The molecule has 0 aliphatic rings. The summed E-state index contributed by atoms with van der Waals surface area (Å²) in [4.78, 5) is 8.94. The van der Waals surface area contributed by atoms with E-state index in [1.54, 1.807) is 7.11 Å². The molecule has 1 atom stereocenters. The molecule has 33 heavy (non-hydrogen) atoms. The van der Waals surface area contributed by atoms with Crippen LogP contribution in [0.15, 0.2) is 95.7 Å². The van der Waals surface area contributed by atoms with E-state index in [0.717, 1.165) is 33.4 Å². The molecule has 5 aromatic rings. The van der Waals surface area contributed by atoms with Gasteiger partial charge < -0.3 is 19.6 Å². The molecule has 3 aromatic carbocycles. The highest BCUT2D eigenvalue weighted by atomic mass is 16.5. The summed E-state index contributed by atoms with van der Waals surface area (Å²) in [5.74, 6) is 2.08. The van der Waals surface area contributed by atoms with Gasteiger partial charge in [-0.05, 0) is 23.3 Å². The van der Waals surface area contributed by atoms with Crippen LogP contribution >= 0.6 is 0 Å². The third-order valence-electron chi connectivity index (χ3n) is 5.60. The number of benzene rings is 3. The SMILES string of the molecule is COc1ccc(-c2c(-c3ccccc3)oc3ncnc(NC(CO)c4ccccc4)c23)cc1. The number of aliphatic hydroxyl groups excluding tert-OH is 1. The number of methoxy groups -OCH3 is 1. The molecule has 0 amide bonds. The van der Waals surface area contributed by atoms with Gasteiger partial charge in [-0.3, -0.25) is 0 Å². The Morgan fingerprint density at radius 1 is 0.879 bits per heavy atom. The van der Waals surface area contributed by atoms with E-state index >= 15 is 0 Å². The van der Waals surface area contributed by atoms with Crippen LogP contribution in [0.25, 0.3) is 33.6 Å². The van der Waals surface area contributed by atoms with E-state index in [4.69, 9.17) is 9.15 Å². The van der Waals surface area contributed by atoms with Crippen molar-refractivity contribution in [2.75, 3.05) is 19.0 Å². The lowest BCUT2D eigenvalue weighted by atomic mass is 9.99. The van der Waals surface area contributed by atoms with Gasteiger partial charge >= 0.3 is 0 Å². The van der Waals surface area contributed by atoms with Gasteiger partial charge in [0.05, 0.1) is 25.1 Å². The van der Waals surface area contributed by atoms with Crippen molar-refractivity contribution in [3.8, 4) is 28.2 Å². The normalized spacial score (nSPS) is 11.9. The van der Waals surface area contributed by atoms with Crippen molar-refractivity contribution in [2.45, 2.75) is 6.04 Å². The minimum atomic E-state index is -0.330. The topological polar surface area (TPSA) is 80.4 Å². The zero-order valence-corrected chi connectivity index (χ0v) is 18.1. The maximum Gasteiger partial charge on any atom is 0.232 e. The number of hydrogen-bond acceptors (Lipinski definition) is 6. The Morgan fingerprint density at radius 2 is 1.58 bits per heavy atom. The van der Waals surface area contributed by atoms with Gasteiger partial charge in [-0.25, -0.2) is 9.97 Å². The van der Waals surface area contributed by atoms with E-state index in [-0.39, 0.29) is 12.6 Å². The fourth-order valence-electron chi connectivity index (χ4n) is 3.95. The first-order valence-corrected chi connectivity index (χ1v) is 10.7. The average molecular weight is 437 g/mol. The Balaban J connectivity index is 1.70. The third kappa shape index (κ3) is 4.04. The summed E-state index contributed by atoms with van der Waals surface area (Å²) in [6.07, 6.45) is 1.47. The van der Waals surface area contributed by atoms with Crippen molar-refractivity contribution in [1.29, 1.82) is 0 Å². The molecule has 6 heteroatoms. The Hall–Kier alpha value is -4.16. The fraction of sp³-hybridized carbons (Fsp3) is 0.111. The second-order valence-electron chi connectivity index (χ2n) is 7.59. The van der Waals surface area contributed by atoms with Crippen molar-refractivity contribution in [1.82, 2.24) is 9.97 Å². The van der Waals surface area contributed by atoms with Crippen LogP contribution < -0.4 is 10.1 Å². The Kier molecular flexibility index (Phi) is 5.74. The first-order valence-electron chi connectivity index (χ1n) is 10.7. The summed E-state index contributed by atoms with van der Waals surface area (Å²) < 4.78 is 11.6. The average Bonchev–Trinajstić information content (AvgIpc) is 3.29. The predicted molar refractivity (Wildman–Crippen MR) is 129 cm³/mol. The molecule has 6 nitrogen and oxygen atoms in total. The third-order valence-corrected chi connectivity index (χ3v) is 5.60. The largest absolute Gasteiger partial charge is 0.497 e. The molecule has 0 fully saturated rings. The van der Waals surface area contributed by atoms with E-state index in [2.05, 4.69) is 15.3 Å². The summed E-state index contributed by atoms with van der Waals surface area (Å²) in [7, 11) is 1.64. The van der Waals surface area contributed by atoms with E-state index < -0.39 is 0 Å². The summed E-state index contributed by atoms with van der Waals surface area (Å²) >= 11 is 0. The zero-order chi connectivity index (χ0) is 22.6. The number of nitrogens with one attached hydrogen (secondary N) is 1. The van der Waals surface area contributed by atoms with Crippen molar-refractivity contribution in [2.24, 2.45) is 0 Å². The van der Waals surface area contributed by atoms with E-state index in [9.17, 15) is 5.11 Å². The number of nitrogens with zero attached hydrogens (tertiary/aromatic N) is 2. The van der Waals surface area contributed by atoms with Gasteiger partial charge in [0.25, 0.3) is 0 Å². The molecule has 2 aromatic heterocycles. The lowest BCUT2D eigenvalue weighted by Gasteiger charge is -2.18. The predicted octanol–water partition coefficient (Wildman–Crippen LogP) is 5.71.